The van der Waals surface area contributed by atoms with E-state index in [4.69, 9.17) is 16.3 Å². The van der Waals surface area contributed by atoms with Crippen LogP contribution in [0.4, 0.5) is 5.69 Å². The summed E-state index contributed by atoms with van der Waals surface area (Å²) in [6, 6.07) is 5.68. The zero-order chi connectivity index (χ0) is 13.0. The van der Waals surface area contributed by atoms with Crippen molar-refractivity contribution in [3.05, 3.63) is 28.8 Å². The van der Waals surface area contributed by atoms with Gasteiger partial charge in [0.25, 0.3) is 0 Å². The molecule has 0 saturated carbocycles. The molecular formula is C13H16ClNO2S. The van der Waals surface area contributed by atoms with Gasteiger partial charge in [0.15, 0.2) is 0 Å². The van der Waals surface area contributed by atoms with E-state index in [2.05, 4.69) is 5.32 Å². The van der Waals surface area contributed by atoms with Crippen molar-refractivity contribution in [1.82, 2.24) is 0 Å². The second-order valence-corrected chi connectivity index (χ2v) is 5.83. The second-order valence-electron chi connectivity index (χ2n) is 4.24. The van der Waals surface area contributed by atoms with Gasteiger partial charge >= 0.3 is 5.97 Å². The van der Waals surface area contributed by atoms with E-state index in [9.17, 15) is 4.79 Å². The number of halogens is 1. The second kappa shape index (κ2) is 6.34. The molecule has 1 unspecified atom stereocenters. The highest BCUT2D eigenvalue weighted by molar-refractivity contribution is 7.99. The Hall–Kier alpha value is -0.870. The molecule has 1 atom stereocenters. The van der Waals surface area contributed by atoms with Crippen molar-refractivity contribution in [3.63, 3.8) is 0 Å². The van der Waals surface area contributed by atoms with Gasteiger partial charge in [-0.05, 0) is 36.8 Å². The number of rotatable bonds is 3. The normalized spacial score (nSPS) is 19.3. The summed E-state index contributed by atoms with van der Waals surface area (Å²) in [7, 11) is 1.38. The van der Waals surface area contributed by atoms with Gasteiger partial charge in [0.2, 0.25) is 0 Å². The third-order valence-electron chi connectivity index (χ3n) is 2.91. The van der Waals surface area contributed by atoms with Crippen LogP contribution in [0.1, 0.15) is 23.2 Å². The number of carbonyl (C=O) groups is 1. The molecule has 1 heterocycles. The minimum Gasteiger partial charge on any atom is -0.465 e. The van der Waals surface area contributed by atoms with E-state index in [1.807, 2.05) is 17.8 Å². The van der Waals surface area contributed by atoms with Crippen LogP contribution in [-0.4, -0.2) is 30.6 Å². The number of hydrogen-bond donors (Lipinski definition) is 1. The first kappa shape index (κ1) is 13.6. The third-order valence-corrected chi connectivity index (χ3v) is 4.36. The fourth-order valence-electron chi connectivity index (χ4n) is 2.00. The van der Waals surface area contributed by atoms with Gasteiger partial charge in [-0.3, -0.25) is 0 Å². The number of esters is 1. The first-order valence-electron chi connectivity index (χ1n) is 5.93. The molecule has 1 aliphatic rings. The molecule has 0 aliphatic carbocycles. The van der Waals surface area contributed by atoms with Crippen LogP contribution >= 0.6 is 23.4 Å². The summed E-state index contributed by atoms with van der Waals surface area (Å²) in [5.74, 6) is 1.94. The number of carbonyl (C=O) groups excluding carboxylic acids is 1. The fraction of sp³-hybridized carbons (Fsp3) is 0.462. The highest BCUT2D eigenvalue weighted by Crippen LogP contribution is 2.25. The van der Waals surface area contributed by atoms with Gasteiger partial charge in [0.05, 0.1) is 12.7 Å². The van der Waals surface area contributed by atoms with Gasteiger partial charge in [-0.1, -0.05) is 11.6 Å². The van der Waals surface area contributed by atoms with E-state index >= 15 is 0 Å². The lowest BCUT2D eigenvalue weighted by Crippen LogP contribution is -2.26. The van der Waals surface area contributed by atoms with Crippen LogP contribution in [0.25, 0.3) is 0 Å². The van der Waals surface area contributed by atoms with Crippen LogP contribution in [0, 0.1) is 0 Å². The minimum absolute atomic E-state index is 0.358. The van der Waals surface area contributed by atoms with Crippen LogP contribution in [0.2, 0.25) is 5.02 Å². The van der Waals surface area contributed by atoms with Gasteiger partial charge < -0.3 is 10.1 Å². The largest absolute Gasteiger partial charge is 0.465 e. The van der Waals surface area contributed by atoms with E-state index in [0.717, 1.165) is 17.9 Å². The average Bonchev–Trinajstić information content (AvgIpc) is 2.41. The van der Waals surface area contributed by atoms with Crippen LogP contribution in [0.3, 0.4) is 0 Å². The topological polar surface area (TPSA) is 38.3 Å². The first-order valence-corrected chi connectivity index (χ1v) is 7.46. The Morgan fingerprint density at radius 3 is 3.06 bits per heavy atom. The third kappa shape index (κ3) is 3.33. The predicted molar refractivity (Wildman–Crippen MR) is 76.8 cm³/mol. The van der Waals surface area contributed by atoms with Crippen LogP contribution in [0.5, 0.6) is 0 Å². The van der Waals surface area contributed by atoms with Crippen LogP contribution in [-0.2, 0) is 4.74 Å². The number of anilines is 1. The van der Waals surface area contributed by atoms with Gasteiger partial charge in [-0.25, -0.2) is 4.79 Å². The van der Waals surface area contributed by atoms with Crippen molar-refractivity contribution in [2.45, 2.75) is 18.9 Å². The lowest BCUT2D eigenvalue weighted by Gasteiger charge is -2.24. The van der Waals surface area contributed by atoms with Gasteiger partial charge in [0, 0.05) is 22.5 Å². The summed E-state index contributed by atoms with van der Waals surface area (Å²) in [6.07, 6.45) is 2.35. The molecule has 2 rings (SSSR count). The van der Waals surface area contributed by atoms with E-state index in [-0.39, 0.29) is 5.97 Å². The minimum atomic E-state index is -0.358. The molecule has 1 saturated heterocycles. The van der Waals surface area contributed by atoms with Crippen LogP contribution in [0.15, 0.2) is 18.2 Å². The maximum Gasteiger partial charge on any atom is 0.340 e. The average molecular weight is 286 g/mol. The molecule has 0 aromatic heterocycles. The summed E-state index contributed by atoms with van der Waals surface area (Å²) in [5, 5.41) is 3.95. The van der Waals surface area contributed by atoms with E-state index in [1.54, 1.807) is 12.1 Å². The van der Waals surface area contributed by atoms with Gasteiger partial charge in [-0.15, -0.1) is 0 Å². The Kier molecular flexibility index (Phi) is 4.78. The van der Waals surface area contributed by atoms with E-state index < -0.39 is 0 Å². The Morgan fingerprint density at radius 1 is 1.56 bits per heavy atom. The molecule has 3 nitrogen and oxygen atoms in total. The summed E-state index contributed by atoms with van der Waals surface area (Å²) in [5.41, 5.74) is 1.30. The molecule has 18 heavy (non-hydrogen) atoms. The maximum absolute atomic E-state index is 11.7. The highest BCUT2D eigenvalue weighted by atomic mass is 35.5. The zero-order valence-electron chi connectivity index (χ0n) is 10.2. The zero-order valence-corrected chi connectivity index (χ0v) is 11.8. The number of hydrogen-bond acceptors (Lipinski definition) is 4. The van der Waals surface area contributed by atoms with E-state index in [0.29, 0.717) is 16.6 Å². The molecule has 1 N–H and O–H groups in total. The van der Waals surface area contributed by atoms with Crippen molar-refractivity contribution in [3.8, 4) is 0 Å². The van der Waals surface area contributed by atoms with Crippen molar-refractivity contribution >= 4 is 35.0 Å². The Morgan fingerprint density at radius 2 is 2.39 bits per heavy atom. The number of ether oxygens (including phenoxy) is 1. The van der Waals surface area contributed by atoms with Crippen molar-refractivity contribution in [1.29, 1.82) is 0 Å². The summed E-state index contributed by atoms with van der Waals surface area (Å²) in [6.45, 7) is 0. The van der Waals surface area contributed by atoms with Gasteiger partial charge in [-0.2, -0.15) is 11.8 Å². The maximum atomic E-state index is 11.7. The molecule has 1 aliphatic heterocycles. The Labute approximate surface area is 116 Å². The number of methoxy groups -OCH3 is 1. The number of benzene rings is 1. The summed E-state index contributed by atoms with van der Waals surface area (Å²) >= 11 is 7.86. The van der Waals surface area contributed by atoms with Crippen molar-refractivity contribution < 1.29 is 9.53 Å². The highest BCUT2D eigenvalue weighted by Gasteiger charge is 2.18. The summed E-state index contributed by atoms with van der Waals surface area (Å²) < 4.78 is 4.78. The Balaban J connectivity index is 2.17. The molecule has 1 fully saturated rings. The van der Waals surface area contributed by atoms with Crippen molar-refractivity contribution in [2.75, 3.05) is 23.9 Å². The monoisotopic (exact) mass is 285 g/mol. The molecular weight excluding hydrogens is 270 g/mol. The molecule has 0 bridgehead atoms. The quantitative estimate of drug-likeness (QED) is 0.864. The fourth-order valence-corrected chi connectivity index (χ4v) is 3.24. The summed E-state index contributed by atoms with van der Waals surface area (Å²) in [4.78, 5) is 11.7. The molecule has 98 valence electrons. The Bertz CT molecular complexity index is 433. The lowest BCUT2D eigenvalue weighted by atomic mass is 10.1. The molecule has 1 aromatic carbocycles. The van der Waals surface area contributed by atoms with Crippen LogP contribution < -0.4 is 5.32 Å². The number of nitrogens with one attached hydrogen (secondary N) is 1. The smallest absolute Gasteiger partial charge is 0.340 e. The van der Waals surface area contributed by atoms with E-state index in [1.165, 1.54) is 19.3 Å². The SMILES string of the molecule is COC(=O)c1cc(Cl)ccc1NC1CCCSC1. The molecule has 0 spiro atoms. The lowest BCUT2D eigenvalue weighted by molar-refractivity contribution is 0.0602. The predicted octanol–water partition coefficient (Wildman–Crippen LogP) is 3.43. The first-order chi connectivity index (χ1) is 8.70. The number of thioether (sulfide) groups is 1. The molecule has 1 aromatic rings. The molecule has 0 radical (unpaired) electrons. The molecule has 5 heteroatoms. The van der Waals surface area contributed by atoms with Gasteiger partial charge in [0.1, 0.15) is 0 Å². The standard InChI is InChI=1S/C13H16ClNO2S/c1-17-13(16)11-7-9(14)4-5-12(11)15-10-3-2-6-18-8-10/h4-5,7,10,15H,2-3,6,8H2,1H3. The van der Waals surface area contributed by atoms with Crippen molar-refractivity contribution in [2.24, 2.45) is 0 Å². The molecule has 0 amide bonds.